The van der Waals surface area contributed by atoms with Crippen LogP contribution < -0.4 is 4.74 Å². The SMILES string of the molecule is C1CCC1.COc1ccc(-c2ccc3nc4n(c3c2)CC2CN(C(=O)c3ccccc3)CC42)cn1.c1ccccc1. The summed E-state index contributed by atoms with van der Waals surface area (Å²) in [5, 5.41) is 0. The first kappa shape index (κ1) is 26.8. The number of imidazole rings is 1. The summed E-state index contributed by atoms with van der Waals surface area (Å²) in [5.41, 5.74) is 5.08. The van der Waals surface area contributed by atoms with Crippen LogP contribution in [-0.4, -0.2) is 45.5 Å². The molecule has 6 heteroatoms. The van der Waals surface area contributed by atoms with Gasteiger partial charge >= 0.3 is 0 Å². The number of amides is 1. The van der Waals surface area contributed by atoms with Crippen molar-refractivity contribution in [1.82, 2.24) is 19.4 Å². The van der Waals surface area contributed by atoms with Gasteiger partial charge in [-0.25, -0.2) is 9.97 Å². The molecule has 5 aromatic rings. The van der Waals surface area contributed by atoms with E-state index in [-0.39, 0.29) is 5.91 Å². The van der Waals surface area contributed by atoms with E-state index in [1.807, 2.05) is 90.0 Å². The minimum Gasteiger partial charge on any atom is -0.481 e. The first-order chi connectivity index (χ1) is 20.2. The Labute approximate surface area is 241 Å². The number of ether oxygens (including phenoxy) is 1. The molecule has 1 saturated heterocycles. The van der Waals surface area contributed by atoms with Crippen LogP contribution in [0.15, 0.2) is 103 Å². The fourth-order valence-corrected chi connectivity index (χ4v) is 5.62. The van der Waals surface area contributed by atoms with Gasteiger partial charge in [0.15, 0.2) is 0 Å². The molecule has 41 heavy (non-hydrogen) atoms. The molecule has 2 unspecified atom stereocenters. The second-order valence-electron chi connectivity index (χ2n) is 10.9. The van der Waals surface area contributed by atoms with Crippen molar-refractivity contribution in [3.63, 3.8) is 0 Å². The van der Waals surface area contributed by atoms with E-state index in [2.05, 4.69) is 27.8 Å². The van der Waals surface area contributed by atoms with Crippen LogP contribution in [-0.2, 0) is 6.54 Å². The molecule has 0 N–H and O–H groups in total. The molecule has 2 aromatic heterocycles. The van der Waals surface area contributed by atoms with Crippen molar-refractivity contribution >= 4 is 16.9 Å². The third-order valence-electron chi connectivity index (χ3n) is 8.22. The Kier molecular flexibility index (Phi) is 8.08. The number of nitrogens with zero attached hydrogens (tertiary/aromatic N) is 4. The quantitative estimate of drug-likeness (QED) is 0.241. The van der Waals surface area contributed by atoms with E-state index in [1.165, 1.54) is 25.7 Å². The Morgan fingerprint density at radius 2 is 1.44 bits per heavy atom. The van der Waals surface area contributed by atoms with Gasteiger partial charge < -0.3 is 14.2 Å². The summed E-state index contributed by atoms with van der Waals surface area (Å²) >= 11 is 0. The van der Waals surface area contributed by atoms with Gasteiger partial charge in [-0.05, 0) is 35.9 Å². The number of carbonyl (C=O) groups excluding carboxylic acids is 1. The highest BCUT2D eigenvalue weighted by atomic mass is 16.5. The van der Waals surface area contributed by atoms with Crippen LogP contribution in [0.25, 0.3) is 22.2 Å². The lowest BCUT2D eigenvalue weighted by molar-refractivity contribution is 0.0783. The van der Waals surface area contributed by atoms with Gasteiger partial charge in [0.1, 0.15) is 5.82 Å². The van der Waals surface area contributed by atoms with Crippen LogP contribution in [0.4, 0.5) is 0 Å². The largest absolute Gasteiger partial charge is 0.481 e. The summed E-state index contributed by atoms with van der Waals surface area (Å²) in [5.74, 6) is 2.55. The van der Waals surface area contributed by atoms with Crippen molar-refractivity contribution in [1.29, 1.82) is 0 Å². The summed E-state index contributed by atoms with van der Waals surface area (Å²) in [6.07, 6.45) is 7.84. The van der Waals surface area contributed by atoms with Crippen LogP contribution >= 0.6 is 0 Å². The molecular weight excluding hydrogens is 508 g/mol. The third-order valence-corrected chi connectivity index (χ3v) is 8.22. The normalized spacial score (nSPS) is 18.2. The molecule has 2 aliphatic heterocycles. The number of benzene rings is 3. The maximum absolute atomic E-state index is 12.9. The summed E-state index contributed by atoms with van der Waals surface area (Å²) in [6, 6.07) is 31.8. The van der Waals surface area contributed by atoms with E-state index in [4.69, 9.17) is 9.72 Å². The third kappa shape index (κ3) is 5.87. The second kappa shape index (κ2) is 12.4. The number of fused-ring (bicyclic) bond motifs is 5. The van der Waals surface area contributed by atoms with E-state index in [1.54, 1.807) is 7.11 Å². The summed E-state index contributed by atoms with van der Waals surface area (Å²) in [4.78, 5) is 24.2. The lowest BCUT2D eigenvalue weighted by atomic mass is 9.99. The predicted octanol–water partition coefficient (Wildman–Crippen LogP) is 7.22. The standard InChI is InChI=1S/C25H22N4O2.C6H6.C4H8/c1-31-23-10-8-18(12-26-23)17-7-9-21-22(11-17)29-14-19-13-28(15-20(19)24(29)27-21)25(30)16-5-3-2-4-6-16;1-2-4-6-5-3-1;1-2-4-3-1/h2-12,19-20H,13-15H2,1H3;1-6H;1-4H2. The average molecular weight is 545 g/mol. The van der Waals surface area contributed by atoms with Gasteiger partial charge in [0.2, 0.25) is 5.88 Å². The first-order valence-electron chi connectivity index (χ1n) is 14.6. The van der Waals surface area contributed by atoms with Crippen molar-refractivity contribution in [2.75, 3.05) is 20.2 Å². The molecule has 3 aromatic carbocycles. The molecule has 1 aliphatic carbocycles. The maximum Gasteiger partial charge on any atom is 0.253 e. The number of aromatic nitrogens is 3. The Morgan fingerprint density at radius 1 is 0.780 bits per heavy atom. The lowest BCUT2D eigenvalue weighted by Crippen LogP contribution is -2.30. The Bertz CT molecular complexity index is 1550. The van der Waals surface area contributed by atoms with Gasteiger partial charge in [0, 0.05) is 54.9 Å². The van der Waals surface area contributed by atoms with Crippen molar-refractivity contribution in [3.8, 4) is 17.0 Å². The maximum atomic E-state index is 12.9. The van der Waals surface area contributed by atoms with Gasteiger partial charge in [-0.1, -0.05) is 86.3 Å². The van der Waals surface area contributed by atoms with Crippen LogP contribution in [0, 0.1) is 5.92 Å². The average Bonchev–Trinajstić information content (AvgIpc) is 3.67. The number of pyridine rings is 1. The second-order valence-corrected chi connectivity index (χ2v) is 10.9. The summed E-state index contributed by atoms with van der Waals surface area (Å²) in [6.45, 7) is 2.42. The topological polar surface area (TPSA) is 60.2 Å². The molecule has 3 aliphatic rings. The van der Waals surface area contributed by atoms with E-state index in [9.17, 15) is 4.79 Å². The zero-order valence-corrected chi connectivity index (χ0v) is 23.5. The molecule has 2 fully saturated rings. The van der Waals surface area contributed by atoms with Gasteiger partial charge in [0.05, 0.1) is 18.1 Å². The van der Waals surface area contributed by atoms with E-state index >= 15 is 0 Å². The minimum absolute atomic E-state index is 0.118. The van der Waals surface area contributed by atoms with Crippen molar-refractivity contribution in [2.24, 2.45) is 5.92 Å². The predicted molar refractivity (Wildman–Crippen MR) is 163 cm³/mol. The van der Waals surface area contributed by atoms with Gasteiger partial charge in [-0.3, -0.25) is 4.79 Å². The molecule has 208 valence electrons. The zero-order chi connectivity index (χ0) is 28.0. The van der Waals surface area contributed by atoms with Gasteiger partial charge in [-0.2, -0.15) is 0 Å². The molecule has 0 spiro atoms. The van der Waals surface area contributed by atoms with Crippen LogP contribution in [0.1, 0.15) is 47.8 Å². The fourth-order valence-electron chi connectivity index (χ4n) is 5.62. The number of carbonyl (C=O) groups is 1. The molecule has 1 saturated carbocycles. The van der Waals surface area contributed by atoms with Crippen molar-refractivity contribution in [2.45, 2.75) is 38.1 Å². The highest BCUT2D eigenvalue weighted by Gasteiger charge is 2.43. The molecular formula is C35H36N4O2. The summed E-state index contributed by atoms with van der Waals surface area (Å²) in [7, 11) is 1.62. The number of hydrogen-bond acceptors (Lipinski definition) is 4. The highest BCUT2D eigenvalue weighted by Crippen LogP contribution is 2.42. The summed E-state index contributed by atoms with van der Waals surface area (Å²) < 4.78 is 7.51. The molecule has 8 rings (SSSR count). The Morgan fingerprint density at radius 3 is 2.05 bits per heavy atom. The Balaban J connectivity index is 0.000000255. The molecule has 0 radical (unpaired) electrons. The van der Waals surface area contributed by atoms with Crippen molar-refractivity contribution in [3.05, 3.63) is 115 Å². The molecule has 2 atom stereocenters. The van der Waals surface area contributed by atoms with Gasteiger partial charge in [-0.15, -0.1) is 0 Å². The first-order valence-corrected chi connectivity index (χ1v) is 14.6. The minimum atomic E-state index is 0.118. The molecule has 0 bridgehead atoms. The number of rotatable bonds is 3. The number of methoxy groups -OCH3 is 1. The van der Waals surface area contributed by atoms with E-state index in [0.29, 0.717) is 17.7 Å². The highest BCUT2D eigenvalue weighted by molar-refractivity contribution is 5.94. The monoisotopic (exact) mass is 544 g/mol. The van der Waals surface area contributed by atoms with Crippen LogP contribution in [0.5, 0.6) is 5.88 Å². The van der Waals surface area contributed by atoms with E-state index in [0.717, 1.165) is 53.2 Å². The zero-order valence-electron chi connectivity index (χ0n) is 23.5. The fraction of sp³-hybridized carbons (Fsp3) is 0.286. The van der Waals surface area contributed by atoms with Crippen LogP contribution in [0.2, 0.25) is 0 Å². The van der Waals surface area contributed by atoms with Gasteiger partial charge in [0.25, 0.3) is 5.91 Å². The number of likely N-dealkylation sites (tertiary alicyclic amines) is 1. The molecule has 6 nitrogen and oxygen atoms in total. The number of hydrogen-bond donors (Lipinski definition) is 0. The molecule has 1 amide bonds. The molecule has 4 heterocycles. The van der Waals surface area contributed by atoms with E-state index < -0.39 is 0 Å². The van der Waals surface area contributed by atoms with Crippen molar-refractivity contribution < 1.29 is 9.53 Å². The smallest absolute Gasteiger partial charge is 0.253 e. The Hall–Kier alpha value is -4.45. The van der Waals surface area contributed by atoms with Crippen LogP contribution in [0.3, 0.4) is 0 Å². The lowest BCUT2D eigenvalue weighted by Gasteiger charge is -2.17.